The van der Waals surface area contributed by atoms with Crippen molar-refractivity contribution in [1.29, 1.82) is 0 Å². The molecule has 2 aromatic rings. The molecule has 0 aromatic carbocycles. The van der Waals surface area contributed by atoms with E-state index in [2.05, 4.69) is 20.3 Å². The van der Waals surface area contributed by atoms with E-state index < -0.39 is 44.6 Å². The molecule has 0 aliphatic rings. The topological polar surface area (TPSA) is 168 Å². The van der Waals surface area contributed by atoms with Crippen molar-refractivity contribution < 1.29 is 41.3 Å². The van der Waals surface area contributed by atoms with Crippen molar-refractivity contribution in [2.45, 2.75) is 30.7 Å². The van der Waals surface area contributed by atoms with Crippen molar-refractivity contribution >= 4 is 28.0 Å². The van der Waals surface area contributed by atoms with Crippen LogP contribution in [0.2, 0.25) is 0 Å². The van der Waals surface area contributed by atoms with Crippen LogP contribution in [0.4, 0.5) is 15.1 Å². The van der Waals surface area contributed by atoms with Crippen LogP contribution < -0.4 is 19.5 Å². The molecule has 13 nitrogen and oxygen atoms in total. The lowest BCUT2D eigenvalue weighted by atomic mass is 10.1. The highest BCUT2D eigenvalue weighted by Crippen LogP contribution is 2.35. The van der Waals surface area contributed by atoms with Gasteiger partial charge in [0.2, 0.25) is 17.7 Å². The van der Waals surface area contributed by atoms with Gasteiger partial charge in [0.1, 0.15) is 10.6 Å². The maximum Gasteiger partial charge on any atom is 0.335 e. The number of esters is 1. The summed E-state index contributed by atoms with van der Waals surface area (Å²) in [5.74, 6) is -3.69. The van der Waals surface area contributed by atoms with Crippen LogP contribution in [0.15, 0.2) is 29.3 Å². The van der Waals surface area contributed by atoms with Gasteiger partial charge in [-0.05, 0) is 19.1 Å². The van der Waals surface area contributed by atoms with Gasteiger partial charge < -0.3 is 18.9 Å². The van der Waals surface area contributed by atoms with E-state index in [1.165, 1.54) is 26.4 Å². The number of alkyl halides is 1. The number of hydrogen-bond acceptors (Lipinski definition) is 11. The number of carbonyl (C=O) groups excluding carboxylic acids is 2. The number of nitrogens with zero attached hydrogens (tertiary/aromatic N) is 3. The lowest BCUT2D eigenvalue weighted by Crippen LogP contribution is -2.45. The monoisotopic (exact) mass is 487 g/mol. The van der Waals surface area contributed by atoms with Crippen molar-refractivity contribution in [3.05, 3.63) is 30.1 Å². The highest BCUT2D eigenvalue weighted by Gasteiger charge is 2.48. The van der Waals surface area contributed by atoms with Crippen LogP contribution in [0.3, 0.4) is 0 Å². The van der Waals surface area contributed by atoms with Gasteiger partial charge in [-0.3, -0.25) is 15.1 Å². The zero-order valence-corrected chi connectivity index (χ0v) is 19.1. The van der Waals surface area contributed by atoms with E-state index in [1.807, 2.05) is 0 Å². The molecule has 0 bridgehead atoms. The zero-order chi connectivity index (χ0) is 24.8. The summed E-state index contributed by atoms with van der Waals surface area (Å²) in [4.78, 5) is 34.8. The van der Waals surface area contributed by atoms with Gasteiger partial charge in [-0.15, -0.1) is 0 Å². The number of halogens is 1. The molecule has 2 amide bonds. The minimum atomic E-state index is -4.68. The molecule has 2 unspecified atom stereocenters. The first-order valence-corrected chi connectivity index (χ1v) is 10.6. The molecular formula is C18H22FN5O8S. The predicted molar refractivity (Wildman–Crippen MR) is 110 cm³/mol. The molecule has 0 spiro atoms. The Morgan fingerprint density at radius 2 is 1.76 bits per heavy atom. The predicted octanol–water partition coefficient (Wildman–Crippen LogP) is 1.12. The molecule has 2 atom stereocenters. The average Bonchev–Trinajstić information content (AvgIpc) is 2.76. The molecular weight excluding hydrogens is 465 g/mol. The van der Waals surface area contributed by atoms with Crippen molar-refractivity contribution in [2.75, 3.05) is 26.6 Å². The second kappa shape index (κ2) is 10.4. The van der Waals surface area contributed by atoms with E-state index in [4.69, 9.17) is 18.9 Å². The maximum atomic E-state index is 14.6. The van der Waals surface area contributed by atoms with E-state index in [9.17, 15) is 22.4 Å². The number of aromatic nitrogens is 3. The Morgan fingerprint density at radius 3 is 2.24 bits per heavy atom. The van der Waals surface area contributed by atoms with Crippen LogP contribution in [-0.4, -0.2) is 62.9 Å². The number of amides is 2. The quantitative estimate of drug-likeness (QED) is 0.384. The number of sulfonamides is 1. The van der Waals surface area contributed by atoms with Gasteiger partial charge in [-0.2, -0.15) is 9.97 Å². The van der Waals surface area contributed by atoms with Gasteiger partial charge in [0.15, 0.2) is 6.17 Å². The number of nitrogens with one attached hydrogen (secondary N) is 2. The number of anilines is 1. The fourth-order valence-corrected chi connectivity index (χ4v) is 3.79. The Hall–Kier alpha value is -3.59. The van der Waals surface area contributed by atoms with Gasteiger partial charge in [-0.1, -0.05) is 0 Å². The standard InChI is InChI=1S/C18H22FN5O8S/c1-10(19)18(31-5,32-11(2)25)15-12(7-6-8-20-15)33(27,28)24-17(26)23-16-21-13(29-3)9-14(22-16)30-4/h6-10H,1-5H3,(H2,21,22,23,24,26). The van der Waals surface area contributed by atoms with Crippen LogP contribution in [-0.2, 0) is 30.1 Å². The van der Waals surface area contributed by atoms with E-state index in [-0.39, 0.29) is 17.7 Å². The van der Waals surface area contributed by atoms with E-state index in [0.717, 1.165) is 33.2 Å². The summed E-state index contributed by atoms with van der Waals surface area (Å²) in [6, 6.07) is 2.33. The fourth-order valence-electron chi connectivity index (χ4n) is 2.67. The largest absolute Gasteiger partial charge is 0.481 e. The van der Waals surface area contributed by atoms with Gasteiger partial charge in [0.05, 0.1) is 20.3 Å². The van der Waals surface area contributed by atoms with Crippen LogP contribution in [0.1, 0.15) is 19.5 Å². The minimum absolute atomic E-state index is 0.0396. The fraction of sp³-hybridized carbons (Fsp3) is 0.389. The Kier molecular flexibility index (Phi) is 8.05. The van der Waals surface area contributed by atoms with Crippen molar-refractivity contribution in [2.24, 2.45) is 0 Å². The third-order valence-electron chi connectivity index (χ3n) is 4.06. The number of hydrogen-bond donors (Lipinski definition) is 2. The third kappa shape index (κ3) is 5.81. The number of urea groups is 1. The second-order valence-electron chi connectivity index (χ2n) is 6.27. The van der Waals surface area contributed by atoms with E-state index >= 15 is 0 Å². The van der Waals surface area contributed by atoms with E-state index in [1.54, 1.807) is 4.72 Å². The summed E-state index contributed by atoms with van der Waals surface area (Å²) in [6.07, 6.45) is -0.897. The molecule has 2 heterocycles. The lowest BCUT2D eigenvalue weighted by molar-refractivity contribution is -0.254. The molecule has 15 heteroatoms. The van der Waals surface area contributed by atoms with Crippen molar-refractivity contribution in [3.63, 3.8) is 0 Å². The number of ether oxygens (including phenoxy) is 4. The van der Waals surface area contributed by atoms with Gasteiger partial charge in [-0.25, -0.2) is 22.3 Å². The van der Waals surface area contributed by atoms with Crippen molar-refractivity contribution in [3.8, 4) is 11.8 Å². The Morgan fingerprint density at radius 1 is 1.15 bits per heavy atom. The normalized spacial score (nSPS) is 13.9. The molecule has 0 aliphatic heterocycles. The minimum Gasteiger partial charge on any atom is -0.481 e. The SMILES string of the molecule is COc1cc(OC)nc(NC(=O)NS(=O)(=O)c2cccnc2C(OC)(OC(C)=O)C(C)F)n1. The summed E-state index contributed by atoms with van der Waals surface area (Å²) in [7, 11) is -1.04. The summed E-state index contributed by atoms with van der Waals surface area (Å²) < 4.78 is 62.1. The van der Waals surface area contributed by atoms with Crippen LogP contribution in [0.5, 0.6) is 11.8 Å². The molecule has 0 saturated heterocycles. The van der Waals surface area contributed by atoms with Gasteiger partial charge in [0, 0.05) is 20.2 Å². The summed E-state index contributed by atoms with van der Waals surface area (Å²) in [5.41, 5.74) is -0.586. The van der Waals surface area contributed by atoms with Crippen LogP contribution in [0, 0.1) is 0 Å². The molecule has 0 saturated carbocycles. The zero-order valence-electron chi connectivity index (χ0n) is 18.3. The van der Waals surface area contributed by atoms with E-state index in [0.29, 0.717) is 0 Å². The van der Waals surface area contributed by atoms with Crippen molar-refractivity contribution in [1.82, 2.24) is 19.7 Å². The molecule has 2 aromatic heterocycles. The van der Waals surface area contributed by atoms with Gasteiger partial charge >= 0.3 is 12.0 Å². The smallest absolute Gasteiger partial charge is 0.335 e. The molecule has 2 rings (SSSR count). The number of methoxy groups -OCH3 is 3. The molecule has 0 aliphatic carbocycles. The van der Waals surface area contributed by atoms with Gasteiger partial charge in [0.25, 0.3) is 15.8 Å². The number of pyridine rings is 1. The molecule has 180 valence electrons. The summed E-state index contributed by atoms with van der Waals surface area (Å²) >= 11 is 0. The molecule has 2 N–H and O–H groups in total. The van der Waals surface area contributed by atoms with Crippen LogP contribution in [0.25, 0.3) is 0 Å². The second-order valence-corrected chi connectivity index (χ2v) is 7.92. The van der Waals surface area contributed by atoms with Crippen LogP contribution >= 0.6 is 0 Å². The Bertz CT molecular complexity index is 1110. The highest BCUT2D eigenvalue weighted by atomic mass is 32.2. The molecule has 33 heavy (non-hydrogen) atoms. The number of carbonyl (C=O) groups is 2. The Labute approximate surface area is 188 Å². The first-order chi connectivity index (χ1) is 15.5. The number of rotatable bonds is 9. The first kappa shape index (κ1) is 25.7. The Balaban J connectivity index is 2.42. The third-order valence-corrected chi connectivity index (χ3v) is 5.42. The summed E-state index contributed by atoms with van der Waals surface area (Å²) in [5, 5.41) is 2.12. The first-order valence-electron chi connectivity index (χ1n) is 9.14. The molecule has 0 fully saturated rings. The highest BCUT2D eigenvalue weighted by molar-refractivity contribution is 7.90. The maximum absolute atomic E-state index is 14.6. The summed E-state index contributed by atoms with van der Waals surface area (Å²) in [6.45, 7) is 1.98. The molecule has 0 radical (unpaired) electrons. The average molecular weight is 487 g/mol. The lowest BCUT2D eigenvalue weighted by Gasteiger charge is -2.33.